The van der Waals surface area contributed by atoms with E-state index >= 15 is 0 Å². The molecule has 1 atom stereocenters. The van der Waals surface area contributed by atoms with Crippen LogP contribution in [0.25, 0.3) is 0 Å². The van der Waals surface area contributed by atoms with E-state index in [-0.39, 0.29) is 11.8 Å². The fourth-order valence-electron chi connectivity index (χ4n) is 3.52. The molecule has 6 nitrogen and oxygen atoms in total. The van der Waals surface area contributed by atoms with Gasteiger partial charge >= 0.3 is 0 Å². The molecular formula is C18H35N5O. The SMILES string of the molecule is CN=C(NCCN1CCCCCC1)NC1CCN(C(=O)C(C)C)C1. The van der Waals surface area contributed by atoms with Crippen molar-refractivity contribution in [2.75, 3.05) is 46.3 Å². The van der Waals surface area contributed by atoms with Gasteiger partial charge in [-0.05, 0) is 32.4 Å². The summed E-state index contributed by atoms with van der Waals surface area (Å²) in [5, 5.41) is 6.89. The van der Waals surface area contributed by atoms with Crippen LogP contribution in [0.5, 0.6) is 0 Å². The Morgan fingerprint density at radius 1 is 1.17 bits per heavy atom. The molecule has 24 heavy (non-hydrogen) atoms. The molecule has 2 N–H and O–H groups in total. The minimum absolute atomic E-state index is 0.0785. The van der Waals surface area contributed by atoms with Crippen molar-refractivity contribution in [3.63, 3.8) is 0 Å². The van der Waals surface area contributed by atoms with E-state index in [1.165, 1.54) is 38.8 Å². The number of rotatable bonds is 5. The first-order valence-electron chi connectivity index (χ1n) is 9.58. The lowest BCUT2D eigenvalue weighted by molar-refractivity contribution is -0.133. The fourth-order valence-corrected chi connectivity index (χ4v) is 3.52. The molecule has 2 heterocycles. The second-order valence-electron chi connectivity index (χ2n) is 7.32. The summed E-state index contributed by atoms with van der Waals surface area (Å²) in [4.78, 5) is 20.9. The molecule has 0 aromatic carbocycles. The van der Waals surface area contributed by atoms with Gasteiger partial charge in [-0.3, -0.25) is 9.79 Å². The number of carbonyl (C=O) groups is 1. The van der Waals surface area contributed by atoms with Crippen molar-refractivity contribution in [2.45, 2.75) is 52.0 Å². The monoisotopic (exact) mass is 337 g/mol. The quantitative estimate of drug-likeness (QED) is 0.586. The minimum Gasteiger partial charge on any atom is -0.355 e. The number of nitrogens with one attached hydrogen (secondary N) is 2. The average Bonchev–Trinajstić information content (AvgIpc) is 2.88. The van der Waals surface area contributed by atoms with E-state index in [1.807, 2.05) is 25.8 Å². The molecule has 2 aliphatic rings. The van der Waals surface area contributed by atoms with Crippen LogP contribution >= 0.6 is 0 Å². The molecule has 0 aromatic rings. The van der Waals surface area contributed by atoms with Crippen molar-refractivity contribution in [1.29, 1.82) is 0 Å². The van der Waals surface area contributed by atoms with Gasteiger partial charge in [0.2, 0.25) is 5.91 Å². The Morgan fingerprint density at radius 3 is 2.50 bits per heavy atom. The molecule has 0 radical (unpaired) electrons. The van der Waals surface area contributed by atoms with Crippen LogP contribution < -0.4 is 10.6 Å². The van der Waals surface area contributed by atoms with Crippen molar-refractivity contribution in [2.24, 2.45) is 10.9 Å². The molecule has 0 spiro atoms. The first-order valence-corrected chi connectivity index (χ1v) is 9.58. The standard InChI is InChI=1S/C18H35N5O/c1-15(2)17(24)23-12-8-16(14-23)21-18(19-3)20-9-13-22-10-6-4-5-7-11-22/h15-16H,4-14H2,1-3H3,(H2,19,20,21). The molecule has 0 aliphatic carbocycles. The van der Waals surface area contributed by atoms with E-state index in [2.05, 4.69) is 20.5 Å². The number of aliphatic imine (C=N–C) groups is 1. The summed E-state index contributed by atoms with van der Waals surface area (Å²) in [6.07, 6.45) is 6.40. The summed E-state index contributed by atoms with van der Waals surface area (Å²) in [7, 11) is 1.81. The number of amides is 1. The van der Waals surface area contributed by atoms with Crippen molar-refractivity contribution >= 4 is 11.9 Å². The zero-order valence-electron chi connectivity index (χ0n) is 15.7. The average molecular weight is 338 g/mol. The highest BCUT2D eigenvalue weighted by Crippen LogP contribution is 2.12. The molecule has 6 heteroatoms. The number of carbonyl (C=O) groups excluding carboxylic acids is 1. The van der Waals surface area contributed by atoms with Crippen LogP contribution in [0.3, 0.4) is 0 Å². The first kappa shape index (κ1) is 19.0. The molecule has 1 unspecified atom stereocenters. The Balaban J connectivity index is 1.68. The molecular weight excluding hydrogens is 302 g/mol. The third kappa shape index (κ3) is 5.96. The third-order valence-corrected chi connectivity index (χ3v) is 4.98. The normalized spacial score (nSPS) is 23.4. The van der Waals surface area contributed by atoms with E-state index < -0.39 is 0 Å². The van der Waals surface area contributed by atoms with E-state index in [4.69, 9.17) is 0 Å². The van der Waals surface area contributed by atoms with Gasteiger partial charge in [0.1, 0.15) is 0 Å². The zero-order chi connectivity index (χ0) is 17.4. The van der Waals surface area contributed by atoms with Crippen LogP contribution in [-0.2, 0) is 4.79 Å². The highest BCUT2D eigenvalue weighted by molar-refractivity contribution is 5.81. The second kappa shape index (κ2) is 9.87. The molecule has 2 fully saturated rings. The van der Waals surface area contributed by atoms with Gasteiger partial charge in [-0.1, -0.05) is 26.7 Å². The molecule has 2 saturated heterocycles. The largest absolute Gasteiger partial charge is 0.355 e. The Bertz CT molecular complexity index is 416. The Morgan fingerprint density at radius 2 is 1.88 bits per heavy atom. The van der Waals surface area contributed by atoms with E-state index in [9.17, 15) is 4.79 Å². The molecule has 2 aliphatic heterocycles. The van der Waals surface area contributed by atoms with Gasteiger partial charge in [-0.2, -0.15) is 0 Å². The maximum atomic E-state index is 12.1. The van der Waals surface area contributed by atoms with Crippen LogP contribution in [0.15, 0.2) is 4.99 Å². The van der Waals surface area contributed by atoms with Gasteiger partial charge in [0, 0.05) is 45.2 Å². The lowest BCUT2D eigenvalue weighted by atomic mass is 10.2. The van der Waals surface area contributed by atoms with Crippen molar-refractivity contribution in [3.8, 4) is 0 Å². The van der Waals surface area contributed by atoms with Crippen molar-refractivity contribution < 1.29 is 4.79 Å². The summed E-state index contributed by atoms with van der Waals surface area (Å²) in [5.41, 5.74) is 0. The number of guanidine groups is 1. The Hall–Kier alpha value is -1.30. The van der Waals surface area contributed by atoms with Crippen molar-refractivity contribution in [3.05, 3.63) is 0 Å². The number of hydrogen-bond donors (Lipinski definition) is 2. The minimum atomic E-state index is 0.0785. The van der Waals surface area contributed by atoms with Gasteiger partial charge in [-0.25, -0.2) is 0 Å². The summed E-state index contributed by atoms with van der Waals surface area (Å²) in [6, 6.07) is 0.303. The van der Waals surface area contributed by atoms with Crippen LogP contribution in [0, 0.1) is 5.92 Å². The fraction of sp³-hybridized carbons (Fsp3) is 0.889. The Kier molecular flexibility index (Phi) is 7.82. The third-order valence-electron chi connectivity index (χ3n) is 4.98. The summed E-state index contributed by atoms with van der Waals surface area (Å²) in [6.45, 7) is 10.00. The smallest absolute Gasteiger partial charge is 0.225 e. The highest BCUT2D eigenvalue weighted by Gasteiger charge is 2.27. The second-order valence-corrected chi connectivity index (χ2v) is 7.32. The molecule has 0 saturated carbocycles. The van der Waals surface area contributed by atoms with Crippen LogP contribution in [-0.4, -0.2) is 74.0 Å². The maximum absolute atomic E-state index is 12.1. The predicted octanol–water partition coefficient (Wildman–Crippen LogP) is 1.28. The lowest BCUT2D eigenvalue weighted by Crippen LogP contribution is -2.47. The summed E-state index contributed by atoms with van der Waals surface area (Å²) in [5.74, 6) is 1.19. The van der Waals surface area contributed by atoms with Gasteiger partial charge in [-0.15, -0.1) is 0 Å². The number of hydrogen-bond acceptors (Lipinski definition) is 3. The van der Waals surface area contributed by atoms with Crippen LogP contribution in [0.2, 0.25) is 0 Å². The molecule has 0 bridgehead atoms. The highest BCUT2D eigenvalue weighted by atomic mass is 16.2. The predicted molar refractivity (Wildman–Crippen MR) is 99.2 cm³/mol. The summed E-state index contributed by atoms with van der Waals surface area (Å²) < 4.78 is 0. The van der Waals surface area contributed by atoms with Gasteiger partial charge in [0.05, 0.1) is 0 Å². The van der Waals surface area contributed by atoms with E-state index in [0.717, 1.165) is 38.6 Å². The van der Waals surface area contributed by atoms with E-state index in [1.54, 1.807) is 0 Å². The number of likely N-dealkylation sites (tertiary alicyclic amines) is 2. The van der Waals surface area contributed by atoms with Crippen LogP contribution in [0.4, 0.5) is 0 Å². The van der Waals surface area contributed by atoms with Gasteiger partial charge in [0.25, 0.3) is 0 Å². The lowest BCUT2D eigenvalue weighted by Gasteiger charge is -2.22. The molecule has 0 aromatic heterocycles. The van der Waals surface area contributed by atoms with Gasteiger partial charge < -0.3 is 20.4 Å². The molecule has 138 valence electrons. The maximum Gasteiger partial charge on any atom is 0.225 e. The molecule has 1 amide bonds. The van der Waals surface area contributed by atoms with E-state index in [0.29, 0.717) is 6.04 Å². The first-order chi connectivity index (χ1) is 11.6. The zero-order valence-corrected chi connectivity index (χ0v) is 15.7. The van der Waals surface area contributed by atoms with Crippen LogP contribution in [0.1, 0.15) is 46.0 Å². The summed E-state index contributed by atoms with van der Waals surface area (Å²) >= 11 is 0. The van der Waals surface area contributed by atoms with Gasteiger partial charge in [0.15, 0.2) is 5.96 Å². The molecule has 2 rings (SSSR count). The number of nitrogens with zero attached hydrogens (tertiary/aromatic N) is 3. The topological polar surface area (TPSA) is 60.0 Å². The van der Waals surface area contributed by atoms with Crippen molar-refractivity contribution in [1.82, 2.24) is 20.4 Å². The Labute approximate surface area is 147 Å².